The Balaban J connectivity index is 2.34. The topological polar surface area (TPSA) is 87.5 Å². The number of nitriles is 1. The van der Waals surface area contributed by atoms with Crippen LogP contribution in [0.2, 0.25) is 5.02 Å². The van der Waals surface area contributed by atoms with E-state index in [2.05, 4.69) is 0 Å². The van der Waals surface area contributed by atoms with Gasteiger partial charge in [0, 0.05) is 13.1 Å². The van der Waals surface area contributed by atoms with Crippen molar-refractivity contribution in [3.8, 4) is 6.07 Å². The maximum absolute atomic E-state index is 12.9. The van der Waals surface area contributed by atoms with Gasteiger partial charge in [0.1, 0.15) is 11.0 Å². The normalized spacial score (nSPS) is 17.5. The van der Waals surface area contributed by atoms with Crippen LogP contribution in [0.5, 0.6) is 0 Å². The van der Waals surface area contributed by atoms with Crippen molar-refractivity contribution in [2.75, 3.05) is 13.1 Å². The number of hydrogen-bond donors (Lipinski definition) is 0. The van der Waals surface area contributed by atoms with E-state index in [-0.39, 0.29) is 15.5 Å². The van der Waals surface area contributed by atoms with Crippen molar-refractivity contribution in [1.82, 2.24) is 4.31 Å². The summed E-state index contributed by atoms with van der Waals surface area (Å²) in [5.74, 6) is -0.756. The molecular weight excluding hydrogens is 352 g/mol. The van der Waals surface area contributed by atoms with Gasteiger partial charge in [-0.25, -0.2) is 13.2 Å². The Morgan fingerprint density at radius 1 is 1.29 bits per heavy atom. The molecule has 0 aromatic heterocycles. The van der Waals surface area contributed by atoms with Crippen LogP contribution < -0.4 is 0 Å². The minimum atomic E-state index is -3.78. The predicted molar refractivity (Wildman–Crippen MR) is 89.2 cm³/mol. The number of carbonyl (C=O) groups is 1. The smallest absolute Gasteiger partial charge is 0.339 e. The first kappa shape index (κ1) is 18.7. The first-order valence-electron chi connectivity index (χ1n) is 7.76. The molecule has 6 nitrogen and oxygen atoms in total. The third kappa shape index (κ3) is 4.26. The Morgan fingerprint density at radius 3 is 2.50 bits per heavy atom. The number of ether oxygens (including phenoxy) is 1. The van der Waals surface area contributed by atoms with Gasteiger partial charge in [0.05, 0.1) is 10.6 Å². The number of hydrogen-bond acceptors (Lipinski definition) is 5. The molecule has 1 aliphatic heterocycles. The molecule has 0 radical (unpaired) electrons. The van der Waals surface area contributed by atoms with E-state index in [9.17, 15) is 13.2 Å². The fourth-order valence-electron chi connectivity index (χ4n) is 2.50. The van der Waals surface area contributed by atoms with Crippen molar-refractivity contribution in [2.24, 2.45) is 0 Å². The minimum absolute atomic E-state index is 0.0508. The van der Waals surface area contributed by atoms with E-state index in [4.69, 9.17) is 21.6 Å². The van der Waals surface area contributed by atoms with Crippen molar-refractivity contribution >= 4 is 27.6 Å². The van der Waals surface area contributed by atoms with Crippen LogP contribution in [-0.4, -0.2) is 37.9 Å². The molecule has 1 aromatic carbocycles. The zero-order valence-electron chi connectivity index (χ0n) is 13.4. The molecule has 130 valence electrons. The molecule has 0 spiro atoms. The monoisotopic (exact) mass is 370 g/mol. The second-order valence-electron chi connectivity index (χ2n) is 5.64. The molecule has 1 heterocycles. The number of halogens is 1. The summed E-state index contributed by atoms with van der Waals surface area (Å²) in [5.41, 5.74) is 0.0508. The average molecular weight is 371 g/mol. The van der Waals surface area contributed by atoms with Gasteiger partial charge in [0.25, 0.3) is 0 Å². The zero-order chi connectivity index (χ0) is 17.7. The van der Waals surface area contributed by atoms with E-state index in [0.29, 0.717) is 13.1 Å². The van der Waals surface area contributed by atoms with Crippen LogP contribution in [0, 0.1) is 11.3 Å². The highest BCUT2D eigenvalue weighted by Gasteiger charge is 2.28. The molecule has 1 fully saturated rings. The van der Waals surface area contributed by atoms with Crippen molar-refractivity contribution in [2.45, 2.75) is 43.6 Å². The molecule has 1 atom stereocenters. The van der Waals surface area contributed by atoms with E-state index in [1.807, 2.05) is 0 Å². The Morgan fingerprint density at radius 2 is 1.92 bits per heavy atom. The molecule has 0 unspecified atom stereocenters. The van der Waals surface area contributed by atoms with Gasteiger partial charge in [0.15, 0.2) is 6.10 Å². The molecule has 24 heavy (non-hydrogen) atoms. The lowest BCUT2D eigenvalue weighted by molar-refractivity contribution is 0.0435. The maximum Gasteiger partial charge on any atom is 0.339 e. The molecule has 1 saturated heterocycles. The molecule has 0 saturated carbocycles. The van der Waals surface area contributed by atoms with Gasteiger partial charge in [-0.3, -0.25) is 0 Å². The van der Waals surface area contributed by atoms with Gasteiger partial charge >= 0.3 is 5.97 Å². The van der Waals surface area contributed by atoms with Crippen LogP contribution in [0.25, 0.3) is 0 Å². The van der Waals surface area contributed by atoms with Crippen molar-refractivity contribution in [3.05, 3.63) is 28.8 Å². The molecule has 0 bridgehead atoms. The Labute approximate surface area is 147 Å². The van der Waals surface area contributed by atoms with Gasteiger partial charge in [0.2, 0.25) is 10.0 Å². The number of benzene rings is 1. The molecular formula is C16H19ClN2O4S. The van der Waals surface area contributed by atoms with Crippen molar-refractivity contribution < 1.29 is 17.9 Å². The van der Waals surface area contributed by atoms with Crippen LogP contribution >= 0.6 is 11.6 Å². The lowest BCUT2D eigenvalue weighted by Gasteiger charge is -2.21. The zero-order valence-corrected chi connectivity index (χ0v) is 14.9. The first-order chi connectivity index (χ1) is 11.4. The van der Waals surface area contributed by atoms with E-state index < -0.39 is 22.1 Å². The second kappa shape index (κ2) is 7.97. The van der Waals surface area contributed by atoms with Gasteiger partial charge < -0.3 is 4.74 Å². The quantitative estimate of drug-likeness (QED) is 0.760. The molecule has 2 rings (SSSR count). The average Bonchev–Trinajstić information content (AvgIpc) is 2.84. The largest absolute Gasteiger partial charge is 0.444 e. The van der Waals surface area contributed by atoms with Gasteiger partial charge in [-0.05, 0) is 38.0 Å². The highest BCUT2D eigenvalue weighted by atomic mass is 35.5. The summed E-state index contributed by atoms with van der Waals surface area (Å²) in [6.07, 6.45) is 2.69. The van der Waals surface area contributed by atoms with Crippen LogP contribution in [0.1, 0.15) is 43.0 Å². The second-order valence-corrected chi connectivity index (χ2v) is 7.95. The summed E-state index contributed by atoms with van der Waals surface area (Å²) in [6.45, 7) is 2.32. The standard InChI is InChI=1S/C16H19ClN2O4S/c1-12(11-18)23-16(20)13-6-7-14(17)15(10-13)24(21,22)19-8-4-2-3-5-9-19/h6-7,10,12H,2-5,8-9H2,1H3/t12-/m1/s1. The Bertz CT molecular complexity index is 750. The Hall–Kier alpha value is -1.62. The van der Waals surface area contributed by atoms with E-state index in [1.165, 1.54) is 29.4 Å². The van der Waals surface area contributed by atoms with Gasteiger partial charge in [-0.1, -0.05) is 24.4 Å². The summed E-state index contributed by atoms with van der Waals surface area (Å²) in [6, 6.07) is 5.75. The molecule has 0 amide bonds. The summed E-state index contributed by atoms with van der Waals surface area (Å²) in [5, 5.41) is 8.76. The van der Waals surface area contributed by atoms with Crippen LogP contribution in [0.3, 0.4) is 0 Å². The third-order valence-electron chi connectivity index (χ3n) is 3.82. The maximum atomic E-state index is 12.9. The molecule has 0 N–H and O–H groups in total. The van der Waals surface area contributed by atoms with E-state index >= 15 is 0 Å². The lowest BCUT2D eigenvalue weighted by Crippen LogP contribution is -2.32. The SMILES string of the molecule is C[C@H](C#N)OC(=O)c1ccc(Cl)c(S(=O)(=O)N2CCCCCC2)c1. The number of sulfonamides is 1. The third-order valence-corrected chi connectivity index (χ3v) is 6.20. The van der Waals surface area contributed by atoms with E-state index in [1.54, 1.807) is 6.07 Å². The highest BCUT2D eigenvalue weighted by Crippen LogP contribution is 2.28. The predicted octanol–water partition coefficient (Wildman–Crippen LogP) is 2.97. The highest BCUT2D eigenvalue weighted by molar-refractivity contribution is 7.89. The number of carbonyl (C=O) groups excluding carboxylic acids is 1. The summed E-state index contributed by atoms with van der Waals surface area (Å²) in [4.78, 5) is 11.9. The summed E-state index contributed by atoms with van der Waals surface area (Å²) < 4.78 is 32.0. The minimum Gasteiger partial charge on any atom is -0.444 e. The molecule has 8 heteroatoms. The van der Waals surface area contributed by atoms with Crippen molar-refractivity contribution in [1.29, 1.82) is 5.26 Å². The van der Waals surface area contributed by atoms with Crippen molar-refractivity contribution in [3.63, 3.8) is 0 Å². The number of esters is 1. The summed E-state index contributed by atoms with van der Waals surface area (Å²) >= 11 is 6.07. The fraction of sp³-hybridized carbons (Fsp3) is 0.500. The lowest BCUT2D eigenvalue weighted by atomic mass is 10.2. The fourth-order valence-corrected chi connectivity index (χ4v) is 4.52. The summed E-state index contributed by atoms with van der Waals surface area (Å²) in [7, 11) is -3.78. The molecule has 1 aliphatic rings. The number of rotatable bonds is 4. The molecule has 1 aromatic rings. The van der Waals surface area contributed by atoms with Crippen LogP contribution in [-0.2, 0) is 14.8 Å². The van der Waals surface area contributed by atoms with Gasteiger partial charge in [-0.2, -0.15) is 9.57 Å². The first-order valence-corrected chi connectivity index (χ1v) is 9.58. The molecule has 0 aliphatic carbocycles. The van der Waals surface area contributed by atoms with Gasteiger partial charge in [-0.15, -0.1) is 0 Å². The Kier molecular flexibility index (Phi) is 6.21. The van der Waals surface area contributed by atoms with E-state index in [0.717, 1.165) is 25.7 Å². The number of nitrogens with zero attached hydrogens (tertiary/aromatic N) is 2. The van der Waals surface area contributed by atoms with Crippen LogP contribution in [0.4, 0.5) is 0 Å². The van der Waals surface area contributed by atoms with Crippen LogP contribution in [0.15, 0.2) is 23.1 Å².